The number of hydrogen-bond acceptors (Lipinski definition) is 2. The molecule has 1 heterocycles. The molecule has 1 aromatic rings. The maximum absolute atomic E-state index is 5.28. The Morgan fingerprint density at radius 3 is 2.81 bits per heavy atom. The first kappa shape index (κ1) is 11.0. The lowest BCUT2D eigenvalue weighted by Crippen LogP contribution is -2.16. The van der Waals surface area contributed by atoms with Crippen molar-refractivity contribution in [1.82, 2.24) is 4.90 Å². The Bertz CT molecular complexity index is 357. The highest BCUT2D eigenvalue weighted by Gasteiger charge is 2.06. The Morgan fingerprint density at radius 2 is 2.06 bits per heavy atom. The summed E-state index contributed by atoms with van der Waals surface area (Å²) in [5.41, 5.74) is 1.14. The van der Waals surface area contributed by atoms with Gasteiger partial charge in [0.25, 0.3) is 0 Å². The molecule has 1 saturated heterocycles. The van der Waals surface area contributed by atoms with Gasteiger partial charge in [0.15, 0.2) is 0 Å². The SMILES string of the molecule is COc1ccccc1CN=CN1CCCC1. The third-order valence-corrected chi connectivity index (χ3v) is 2.84. The molecule has 1 aromatic carbocycles. The fourth-order valence-electron chi connectivity index (χ4n) is 1.95. The second-order valence-electron chi connectivity index (χ2n) is 4.01. The summed E-state index contributed by atoms with van der Waals surface area (Å²) in [5, 5.41) is 0. The molecule has 1 aliphatic rings. The number of benzene rings is 1. The van der Waals surface area contributed by atoms with Gasteiger partial charge < -0.3 is 9.64 Å². The molecule has 0 radical (unpaired) electrons. The number of likely N-dealkylation sites (tertiary alicyclic amines) is 1. The first-order chi connectivity index (χ1) is 7.90. The molecular formula is C13H18N2O. The molecule has 0 saturated carbocycles. The van der Waals surface area contributed by atoms with Gasteiger partial charge in [-0.3, -0.25) is 4.99 Å². The lowest BCUT2D eigenvalue weighted by molar-refractivity contribution is 0.410. The van der Waals surface area contributed by atoms with Crippen LogP contribution in [0.5, 0.6) is 5.75 Å². The van der Waals surface area contributed by atoms with Gasteiger partial charge >= 0.3 is 0 Å². The van der Waals surface area contributed by atoms with Crippen LogP contribution < -0.4 is 4.74 Å². The first-order valence-corrected chi connectivity index (χ1v) is 5.76. The van der Waals surface area contributed by atoms with Gasteiger partial charge in [0.2, 0.25) is 0 Å². The van der Waals surface area contributed by atoms with Crippen molar-refractivity contribution in [1.29, 1.82) is 0 Å². The van der Waals surface area contributed by atoms with Crippen LogP contribution >= 0.6 is 0 Å². The number of ether oxygens (including phenoxy) is 1. The molecule has 16 heavy (non-hydrogen) atoms. The Morgan fingerprint density at radius 1 is 1.31 bits per heavy atom. The van der Waals surface area contributed by atoms with Crippen molar-refractivity contribution in [3.63, 3.8) is 0 Å². The molecule has 0 unspecified atom stereocenters. The molecule has 0 bridgehead atoms. The minimum absolute atomic E-state index is 0.695. The zero-order valence-electron chi connectivity index (χ0n) is 9.72. The van der Waals surface area contributed by atoms with Crippen LogP contribution in [0.25, 0.3) is 0 Å². The van der Waals surface area contributed by atoms with Crippen LogP contribution in [0.15, 0.2) is 29.3 Å². The predicted octanol–water partition coefficient (Wildman–Crippen LogP) is 2.32. The Balaban J connectivity index is 1.93. The highest BCUT2D eigenvalue weighted by molar-refractivity contribution is 5.55. The predicted molar refractivity (Wildman–Crippen MR) is 66.0 cm³/mol. The molecule has 86 valence electrons. The summed E-state index contributed by atoms with van der Waals surface area (Å²) in [6.45, 7) is 2.99. The van der Waals surface area contributed by atoms with Gasteiger partial charge in [-0.2, -0.15) is 0 Å². The first-order valence-electron chi connectivity index (χ1n) is 5.76. The van der Waals surface area contributed by atoms with Crippen molar-refractivity contribution >= 4 is 6.34 Å². The van der Waals surface area contributed by atoms with Crippen molar-refractivity contribution in [2.75, 3.05) is 20.2 Å². The van der Waals surface area contributed by atoms with Gasteiger partial charge in [-0.25, -0.2) is 0 Å². The summed E-state index contributed by atoms with van der Waals surface area (Å²) < 4.78 is 5.28. The molecule has 0 spiro atoms. The monoisotopic (exact) mass is 218 g/mol. The highest BCUT2D eigenvalue weighted by atomic mass is 16.5. The van der Waals surface area contributed by atoms with Crippen LogP contribution in [0.4, 0.5) is 0 Å². The van der Waals surface area contributed by atoms with Crippen molar-refractivity contribution in [3.05, 3.63) is 29.8 Å². The van der Waals surface area contributed by atoms with Gasteiger partial charge in [-0.15, -0.1) is 0 Å². The molecule has 1 fully saturated rings. The summed E-state index contributed by atoms with van der Waals surface area (Å²) in [6.07, 6.45) is 4.56. The summed E-state index contributed by atoms with van der Waals surface area (Å²) in [4.78, 5) is 6.73. The molecule has 0 atom stereocenters. The van der Waals surface area contributed by atoms with Crippen molar-refractivity contribution < 1.29 is 4.74 Å². The van der Waals surface area contributed by atoms with E-state index in [9.17, 15) is 0 Å². The Hall–Kier alpha value is -1.51. The highest BCUT2D eigenvalue weighted by Crippen LogP contribution is 2.17. The van der Waals surface area contributed by atoms with E-state index in [1.165, 1.54) is 12.8 Å². The molecule has 1 aliphatic heterocycles. The summed E-state index contributed by atoms with van der Waals surface area (Å²) >= 11 is 0. The van der Waals surface area contributed by atoms with Crippen molar-refractivity contribution in [2.24, 2.45) is 4.99 Å². The molecule has 0 amide bonds. The van der Waals surface area contributed by atoms with Crippen LogP contribution in [0.2, 0.25) is 0 Å². The van der Waals surface area contributed by atoms with E-state index in [4.69, 9.17) is 4.74 Å². The van der Waals surface area contributed by atoms with E-state index in [0.29, 0.717) is 6.54 Å². The fraction of sp³-hybridized carbons (Fsp3) is 0.462. The standard InChI is InChI=1S/C13H18N2O/c1-16-13-7-3-2-6-12(13)10-14-11-15-8-4-5-9-15/h2-3,6-7,11H,4-5,8-10H2,1H3. The average molecular weight is 218 g/mol. The van der Waals surface area contributed by atoms with E-state index in [2.05, 4.69) is 16.0 Å². The van der Waals surface area contributed by atoms with E-state index >= 15 is 0 Å². The zero-order valence-corrected chi connectivity index (χ0v) is 9.72. The van der Waals surface area contributed by atoms with Gasteiger partial charge in [0.1, 0.15) is 5.75 Å². The fourth-order valence-corrected chi connectivity index (χ4v) is 1.95. The van der Waals surface area contributed by atoms with Crippen molar-refractivity contribution in [3.8, 4) is 5.75 Å². The topological polar surface area (TPSA) is 24.8 Å². The number of hydrogen-bond donors (Lipinski definition) is 0. The van der Waals surface area contributed by atoms with E-state index in [-0.39, 0.29) is 0 Å². The maximum atomic E-state index is 5.28. The minimum atomic E-state index is 0.695. The van der Waals surface area contributed by atoms with Gasteiger partial charge in [0, 0.05) is 18.7 Å². The summed E-state index contributed by atoms with van der Waals surface area (Å²) in [7, 11) is 1.70. The maximum Gasteiger partial charge on any atom is 0.123 e. The Labute approximate surface area is 96.7 Å². The van der Waals surface area contributed by atoms with E-state index in [0.717, 1.165) is 24.4 Å². The summed E-state index contributed by atoms with van der Waals surface area (Å²) in [5.74, 6) is 0.918. The van der Waals surface area contributed by atoms with Crippen LogP contribution in [0.1, 0.15) is 18.4 Å². The number of para-hydroxylation sites is 1. The van der Waals surface area contributed by atoms with Crippen LogP contribution in [-0.4, -0.2) is 31.4 Å². The minimum Gasteiger partial charge on any atom is -0.496 e. The molecule has 0 N–H and O–H groups in total. The molecule has 2 rings (SSSR count). The quantitative estimate of drug-likeness (QED) is 0.572. The second kappa shape index (κ2) is 5.54. The number of nitrogens with zero attached hydrogens (tertiary/aromatic N) is 2. The average Bonchev–Trinajstić information content (AvgIpc) is 2.83. The lowest BCUT2D eigenvalue weighted by Gasteiger charge is -2.09. The largest absolute Gasteiger partial charge is 0.496 e. The van der Waals surface area contributed by atoms with E-state index < -0.39 is 0 Å². The van der Waals surface area contributed by atoms with E-state index in [1.54, 1.807) is 7.11 Å². The normalized spacial score (nSPS) is 15.9. The van der Waals surface area contributed by atoms with Crippen LogP contribution in [0.3, 0.4) is 0 Å². The lowest BCUT2D eigenvalue weighted by atomic mass is 10.2. The van der Waals surface area contributed by atoms with E-state index in [1.807, 2.05) is 24.5 Å². The number of rotatable bonds is 4. The molecule has 0 aliphatic carbocycles. The number of methoxy groups -OCH3 is 1. The third-order valence-electron chi connectivity index (χ3n) is 2.84. The van der Waals surface area contributed by atoms with Crippen molar-refractivity contribution in [2.45, 2.75) is 19.4 Å². The van der Waals surface area contributed by atoms with Gasteiger partial charge in [-0.1, -0.05) is 18.2 Å². The molecular weight excluding hydrogens is 200 g/mol. The van der Waals surface area contributed by atoms with Crippen LogP contribution in [0, 0.1) is 0 Å². The van der Waals surface area contributed by atoms with Gasteiger partial charge in [-0.05, 0) is 18.9 Å². The number of aliphatic imine (C=N–C) groups is 1. The summed E-state index contributed by atoms with van der Waals surface area (Å²) in [6, 6.07) is 8.02. The molecule has 3 nitrogen and oxygen atoms in total. The van der Waals surface area contributed by atoms with Gasteiger partial charge in [0.05, 0.1) is 20.0 Å². The smallest absolute Gasteiger partial charge is 0.123 e. The molecule has 3 heteroatoms. The Kier molecular flexibility index (Phi) is 3.81. The third kappa shape index (κ3) is 2.75. The van der Waals surface area contributed by atoms with Crippen LogP contribution in [-0.2, 0) is 6.54 Å². The zero-order chi connectivity index (χ0) is 11.2. The molecule has 0 aromatic heterocycles. The second-order valence-corrected chi connectivity index (χ2v) is 4.01.